The van der Waals surface area contributed by atoms with Gasteiger partial charge >= 0.3 is 11.9 Å². The Hall–Kier alpha value is -1.85. The maximum atomic E-state index is 11.2. The van der Waals surface area contributed by atoms with E-state index < -0.39 is 23.9 Å². The molecule has 6 heteroatoms. The Morgan fingerprint density at radius 1 is 1.25 bits per heavy atom. The number of hydrogen-bond acceptors (Lipinski definition) is 3. The van der Waals surface area contributed by atoms with Crippen LogP contribution in [0, 0.1) is 5.92 Å². The quantitative estimate of drug-likeness (QED) is 0.566. The predicted molar refractivity (Wildman–Crippen MR) is 55.8 cm³/mol. The molecule has 16 heavy (non-hydrogen) atoms. The van der Waals surface area contributed by atoms with Crippen LogP contribution in [0.25, 0.3) is 0 Å². The first kappa shape index (κ1) is 14.2. The molecule has 3 N–H and O–H groups in total. The molecule has 0 unspecified atom stereocenters. The van der Waals surface area contributed by atoms with Gasteiger partial charge in [0.1, 0.15) is 6.04 Å². The Kier molecular flexibility index (Phi) is 5.84. The van der Waals surface area contributed by atoms with Crippen LogP contribution < -0.4 is 5.32 Å². The fraction of sp³-hybridized carbons (Fsp3) is 0.500. The van der Waals surface area contributed by atoms with Gasteiger partial charge in [-0.05, 0) is 5.92 Å². The average Bonchev–Trinajstić information content (AvgIpc) is 2.21. The van der Waals surface area contributed by atoms with Gasteiger partial charge in [0.05, 0.1) is 0 Å². The zero-order chi connectivity index (χ0) is 12.7. The van der Waals surface area contributed by atoms with Gasteiger partial charge in [-0.2, -0.15) is 0 Å². The molecule has 1 amide bonds. The lowest BCUT2D eigenvalue weighted by Crippen LogP contribution is -2.44. The Balaban J connectivity index is 4.47. The third-order valence-corrected chi connectivity index (χ3v) is 2.15. The summed E-state index contributed by atoms with van der Waals surface area (Å²) in [5, 5.41) is 19.4. The fourth-order valence-electron chi connectivity index (χ4n) is 1.03. The molecule has 0 heterocycles. The van der Waals surface area contributed by atoms with Gasteiger partial charge in [0.15, 0.2) is 0 Å². The van der Waals surface area contributed by atoms with E-state index in [-0.39, 0.29) is 5.92 Å². The van der Waals surface area contributed by atoms with Crippen molar-refractivity contribution in [2.45, 2.75) is 26.3 Å². The lowest BCUT2D eigenvalue weighted by molar-refractivity contribution is -0.142. The molecule has 0 fully saturated rings. The third kappa shape index (κ3) is 5.14. The molecule has 0 aliphatic rings. The molecule has 2 atom stereocenters. The molecule has 0 aromatic carbocycles. The largest absolute Gasteiger partial charge is 0.480 e. The number of amides is 1. The fourth-order valence-corrected chi connectivity index (χ4v) is 1.03. The van der Waals surface area contributed by atoms with Crippen molar-refractivity contribution in [3.8, 4) is 0 Å². The highest BCUT2D eigenvalue weighted by Gasteiger charge is 2.24. The molecule has 0 aromatic rings. The van der Waals surface area contributed by atoms with Gasteiger partial charge in [0.25, 0.3) is 0 Å². The van der Waals surface area contributed by atoms with Crippen LogP contribution in [0.15, 0.2) is 12.2 Å². The molecule has 0 radical (unpaired) electrons. The summed E-state index contributed by atoms with van der Waals surface area (Å²) in [5.74, 6) is -3.34. The van der Waals surface area contributed by atoms with E-state index in [0.29, 0.717) is 12.5 Å². The highest BCUT2D eigenvalue weighted by atomic mass is 16.4. The molecule has 90 valence electrons. The van der Waals surface area contributed by atoms with E-state index in [1.54, 1.807) is 13.8 Å². The molecule has 0 rings (SSSR count). The van der Waals surface area contributed by atoms with E-state index in [4.69, 9.17) is 10.2 Å². The van der Waals surface area contributed by atoms with Crippen molar-refractivity contribution in [3.63, 3.8) is 0 Å². The zero-order valence-electron chi connectivity index (χ0n) is 9.14. The van der Waals surface area contributed by atoms with E-state index in [2.05, 4.69) is 5.32 Å². The van der Waals surface area contributed by atoms with Crippen LogP contribution in [0.1, 0.15) is 20.3 Å². The van der Waals surface area contributed by atoms with Crippen LogP contribution in [0.4, 0.5) is 0 Å². The molecule has 0 bridgehead atoms. The minimum Gasteiger partial charge on any atom is -0.480 e. The molecule has 0 aliphatic carbocycles. The lowest BCUT2D eigenvalue weighted by Gasteiger charge is -2.18. The van der Waals surface area contributed by atoms with Crippen molar-refractivity contribution >= 4 is 17.8 Å². The van der Waals surface area contributed by atoms with Crippen molar-refractivity contribution in [3.05, 3.63) is 12.2 Å². The van der Waals surface area contributed by atoms with Gasteiger partial charge in [-0.15, -0.1) is 0 Å². The summed E-state index contributed by atoms with van der Waals surface area (Å²) in [4.78, 5) is 32.1. The highest BCUT2D eigenvalue weighted by Crippen LogP contribution is 2.07. The number of carbonyl (C=O) groups excluding carboxylic acids is 1. The maximum Gasteiger partial charge on any atom is 0.328 e. The van der Waals surface area contributed by atoms with Crippen molar-refractivity contribution in [2.24, 2.45) is 5.92 Å². The van der Waals surface area contributed by atoms with Gasteiger partial charge < -0.3 is 15.5 Å². The first-order valence-electron chi connectivity index (χ1n) is 4.82. The Morgan fingerprint density at radius 3 is 2.19 bits per heavy atom. The van der Waals surface area contributed by atoms with Crippen molar-refractivity contribution < 1.29 is 24.6 Å². The van der Waals surface area contributed by atoms with E-state index in [1.165, 1.54) is 0 Å². The molecule has 6 nitrogen and oxygen atoms in total. The van der Waals surface area contributed by atoms with Gasteiger partial charge in [0.2, 0.25) is 5.91 Å². The number of rotatable bonds is 6. The monoisotopic (exact) mass is 229 g/mol. The molecular formula is C10H15NO5. The van der Waals surface area contributed by atoms with E-state index in [0.717, 1.165) is 6.08 Å². The summed E-state index contributed by atoms with van der Waals surface area (Å²) in [6.45, 7) is 3.50. The third-order valence-electron chi connectivity index (χ3n) is 2.15. The van der Waals surface area contributed by atoms with Crippen molar-refractivity contribution in [1.82, 2.24) is 5.32 Å². The van der Waals surface area contributed by atoms with Gasteiger partial charge in [-0.3, -0.25) is 4.79 Å². The average molecular weight is 229 g/mol. The van der Waals surface area contributed by atoms with Crippen LogP contribution in [-0.4, -0.2) is 34.1 Å². The predicted octanol–water partition coefficient (Wildman–Crippen LogP) is 0.243. The maximum absolute atomic E-state index is 11.2. The van der Waals surface area contributed by atoms with Gasteiger partial charge in [-0.25, -0.2) is 9.59 Å². The second-order valence-electron chi connectivity index (χ2n) is 3.38. The summed E-state index contributed by atoms with van der Waals surface area (Å²) >= 11 is 0. The molecule has 0 aliphatic heterocycles. The number of hydrogen-bond donors (Lipinski definition) is 3. The molecule has 0 aromatic heterocycles. The molecular weight excluding hydrogens is 214 g/mol. The number of nitrogens with one attached hydrogen (secondary N) is 1. The second kappa shape index (κ2) is 6.60. The van der Waals surface area contributed by atoms with Gasteiger partial charge in [0, 0.05) is 12.2 Å². The van der Waals surface area contributed by atoms with Crippen LogP contribution >= 0.6 is 0 Å². The number of carbonyl (C=O) groups is 3. The molecule has 0 saturated carbocycles. The summed E-state index contributed by atoms with van der Waals surface area (Å²) in [5.41, 5.74) is 0. The molecule has 0 spiro atoms. The van der Waals surface area contributed by atoms with Crippen LogP contribution in [0.3, 0.4) is 0 Å². The SMILES string of the molecule is CC[C@H](C)[C@H](NC(=O)/C=C\C(=O)O)C(=O)O. The van der Waals surface area contributed by atoms with Crippen LogP contribution in [0.5, 0.6) is 0 Å². The number of carboxylic acids is 2. The number of aliphatic carboxylic acids is 2. The lowest BCUT2D eigenvalue weighted by atomic mass is 9.99. The van der Waals surface area contributed by atoms with Crippen LogP contribution in [-0.2, 0) is 14.4 Å². The first-order chi connectivity index (χ1) is 7.38. The highest BCUT2D eigenvalue weighted by molar-refractivity contribution is 5.95. The summed E-state index contributed by atoms with van der Waals surface area (Å²) in [6, 6.07) is -1.00. The van der Waals surface area contributed by atoms with Gasteiger partial charge in [-0.1, -0.05) is 20.3 Å². The zero-order valence-corrected chi connectivity index (χ0v) is 9.14. The summed E-state index contributed by atoms with van der Waals surface area (Å²) in [6.07, 6.45) is 2.05. The Morgan fingerprint density at radius 2 is 1.81 bits per heavy atom. The smallest absolute Gasteiger partial charge is 0.328 e. The first-order valence-corrected chi connectivity index (χ1v) is 4.82. The topological polar surface area (TPSA) is 104 Å². The van der Waals surface area contributed by atoms with E-state index >= 15 is 0 Å². The minimum absolute atomic E-state index is 0.223. The normalized spacial score (nSPS) is 14.4. The summed E-state index contributed by atoms with van der Waals surface area (Å²) < 4.78 is 0. The van der Waals surface area contributed by atoms with E-state index in [1.807, 2.05) is 0 Å². The minimum atomic E-state index is -1.26. The number of carboxylic acid groups (broad SMARTS) is 2. The Labute approximate surface area is 93.0 Å². The van der Waals surface area contributed by atoms with E-state index in [9.17, 15) is 14.4 Å². The summed E-state index contributed by atoms with van der Waals surface area (Å²) in [7, 11) is 0. The Bertz CT molecular complexity index is 310. The second-order valence-corrected chi connectivity index (χ2v) is 3.38. The van der Waals surface area contributed by atoms with Crippen LogP contribution in [0.2, 0.25) is 0 Å². The van der Waals surface area contributed by atoms with Crippen molar-refractivity contribution in [1.29, 1.82) is 0 Å². The van der Waals surface area contributed by atoms with Crippen molar-refractivity contribution in [2.75, 3.05) is 0 Å². The standard InChI is InChI=1S/C10H15NO5/c1-3-6(2)9(10(15)16)11-7(12)4-5-8(13)14/h4-6,9H,3H2,1-2H3,(H,11,12)(H,13,14)(H,15,16)/b5-4-/t6-,9-/m0/s1. The molecule has 0 saturated heterocycles.